The zero-order valence-corrected chi connectivity index (χ0v) is 9.73. The Labute approximate surface area is 90.8 Å². The summed E-state index contributed by atoms with van der Waals surface area (Å²) in [5.74, 6) is -0.508. The van der Waals surface area contributed by atoms with Gasteiger partial charge in [-0.15, -0.1) is 0 Å². The molecule has 4 nitrogen and oxygen atoms in total. The lowest BCUT2D eigenvalue weighted by Gasteiger charge is -2.23. The Hall–Kier alpha value is -1.13. The highest BCUT2D eigenvalue weighted by Crippen LogP contribution is 2.09. The Balaban J connectivity index is 4.47. The van der Waals surface area contributed by atoms with E-state index in [4.69, 9.17) is 4.84 Å². The van der Waals surface area contributed by atoms with E-state index in [1.54, 1.807) is 12.2 Å². The number of rotatable bonds is 5. The Bertz CT molecular complexity index is 257. The van der Waals surface area contributed by atoms with Gasteiger partial charge in [0.1, 0.15) is 0 Å². The van der Waals surface area contributed by atoms with Gasteiger partial charge in [-0.2, -0.15) is 0 Å². The molecule has 0 heterocycles. The molecule has 0 bridgehead atoms. The van der Waals surface area contributed by atoms with E-state index in [1.807, 2.05) is 13.0 Å². The van der Waals surface area contributed by atoms with E-state index >= 15 is 0 Å². The fourth-order valence-corrected chi connectivity index (χ4v) is 0.931. The lowest BCUT2D eigenvalue weighted by atomic mass is 10.1. The molecule has 0 aromatic rings. The second kappa shape index (κ2) is 6.37. The van der Waals surface area contributed by atoms with Gasteiger partial charge < -0.3 is 5.11 Å². The molecule has 0 aliphatic carbocycles. The molecule has 1 N–H and O–H groups in total. The molecule has 0 aliphatic rings. The molecule has 0 aliphatic heterocycles. The molecule has 86 valence electrons. The smallest absolute Gasteiger partial charge is 0.281 e. The quantitative estimate of drug-likeness (QED) is 0.553. The minimum Gasteiger partial charge on any atom is -0.376 e. The number of carbonyl (C=O) groups excluding carboxylic acids is 1. The number of aliphatic hydroxyl groups is 1. The van der Waals surface area contributed by atoms with Gasteiger partial charge in [0, 0.05) is 7.05 Å². The van der Waals surface area contributed by atoms with Crippen LogP contribution < -0.4 is 0 Å². The van der Waals surface area contributed by atoms with Crippen molar-refractivity contribution in [2.45, 2.75) is 25.9 Å². The summed E-state index contributed by atoms with van der Waals surface area (Å²) >= 11 is 0. The first-order chi connectivity index (χ1) is 6.95. The molecule has 1 atom stereocenters. The van der Waals surface area contributed by atoms with Crippen LogP contribution in [0.3, 0.4) is 0 Å². The molecule has 15 heavy (non-hydrogen) atoms. The molecule has 0 radical (unpaired) electrons. The van der Waals surface area contributed by atoms with Crippen molar-refractivity contribution in [3.05, 3.63) is 24.3 Å². The van der Waals surface area contributed by atoms with Crippen molar-refractivity contribution >= 4 is 5.91 Å². The number of hydrogen-bond donors (Lipinski definition) is 1. The van der Waals surface area contributed by atoms with E-state index in [1.165, 1.54) is 27.2 Å². The van der Waals surface area contributed by atoms with E-state index in [0.717, 1.165) is 11.5 Å². The maximum Gasteiger partial charge on any atom is 0.281 e. The predicted molar refractivity (Wildman–Crippen MR) is 59.0 cm³/mol. The monoisotopic (exact) mass is 213 g/mol. The molecule has 0 aromatic heterocycles. The summed E-state index contributed by atoms with van der Waals surface area (Å²) in [4.78, 5) is 16.2. The molecule has 0 spiro atoms. The fraction of sp³-hybridized carbons (Fsp3) is 0.545. The predicted octanol–water partition coefficient (Wildman–Crippen LogP) is 1.28. The summed E-state index contributed by atoms with van der Waals surface area (Å²) in [6, 6.07) is 0. The Morgan fingerprint density at radius 3 is 2.60 bits per heavy atom. The lowest BCUT2D eigenvalue weighted by molar-refractivity contribution is -0.182. The minimum atomic E-state index is -1.54. The highest BCUT2D eigenvalue weighted by atomic mass is 16.7. The van der Waals surface area contributed by atoms with Crippen LogP contribution in [-0.2, 0) is 9.63 Å². The summed E-state index contributed by atoms with van der Waals surface area (Å²) in [5.41, 5.74) is -1.54. The first-order valence-corrected chi connectivity index (χ1v) is 4.84. The van der Waals surface area contributed by atoms with E-state index in [2.05, 4.69) is 0 Å². The minimum absolute atomic E-state index is 0.508. The van der Waals surface area contributed by atoms with Crippen LogP contribution in [0.1, 0.15) is 20.3 Å². The van der Waals surface area contributed by atoms with Gasteiger partial charge in [0.05, 0.1) is 7.11 Å². The topological polar surface area (TPSA) is 49.8 Å². The van der Waals surface area contributed by atoms with Crippen molar-refractivity contribution in [3.63, 3.8) is 0 Å². The van der Waals surface area contributed by atoms with Gasteiger partial charge in [0.2, 0.25) is 0 Å². The van der Waals surface area contributed by atoms with E-state index in [9.17, 15) is 9.90 Å². The van der Waals surface area contributed by atoms with Crippen LogP contribution in [0.25, 0.3) is 0 Å². The second-order valence-corrected chi connectivity index (χ2v) is 3.33. The molecule has 0 unspecified atom stereocenters. The average molecular weight is 213 g/mol. The second-order valence-electron chi connectivity index (χ2n) is 3.33. The maximum absolute atomic E-state index is 11.5. The van der Waals surface area contributed by atoms with Crippen LogP contribution in [0.5, 0.6) is 0 Å². The van der Waals surface area contributed by atoms with Crippen molar-refractivity contribution in [1.82, 2.24) is 5.06 Å². The van der Waals surface area contributed by atoms with Crippen LogP contribution in [0.2, 0.25) is 0 Å². The van der Waals surface area contributed by atoms with E-state index in [-0.39, 0.29) is 0 Å². The van der Waals surface area contributed by atoms with Crippen molar-refractivity contribution in [3.8, 4) is 0 Å². The van der Waals surface area contributed by atoms with Gasteiger partial charge in [0.25, 0.3) is 5.91 Å². The summed E-state index contributed by atoms with van der Waals surface area (Å²) < 4.78 is 0. The normalized spacial score (nSPS) is 15.8. The summed E-state index contributed by atoms with van der Waals surface area (Å²) in [6.07, 6.45) is 7.70. The Kier molecular flexibility index (Phi) is 5.89. The fourth-order valence-electron chi connectivity index (χ4n) is 0.931. The third-order valence-electron chi connectivity index (χ3n) is 1.90. The average Bonchev–Trinajstić information content (AvgIpc) is 2.22. The lowest BCUT2D eigenvalue weighted by Crippen LogP contribution is -2.43. The summed E-state index contributed by atoms with van der Waals surface area (Å²) in [5, 5.41) is 10.8. The van der Waals surface area contributed by atoms with Crippen LogP contribution in [0.4, 0.5) is 0 Å². The van der Waals surface area contributed by atoms with Crippen LogP contribution in [0, 0.1) is 0 Å². The molecule has 1 amide bonds. The molecule has 4 heteroatoms. The van der Waals surface area contributed by atoms with Crippen molar-refractivity contribution < 1.29 is 14.7 Å². The molecule has 0 rings (SSSR count). The van der Waals surface area contributed by atoms with Gasteiger partial charge in [-0.3, -0.25) is 9.63 Å². The highest BCUT2D eigenvalue weighted by Gasteiger charge is 2.30. The van der Waals surface area contributed by atoms with E-state index < -0.39 is 11.5 Å². The number of nitrogens with zero attached hydrogens (tertiary/aromatic N) is 1. The van der Waals surface area contributed by atoms with Crippen molar-refractivity contribution in [2.75, 3.05) is 14.2 Å². The Morgan fingerprint density at radius 2 is 2.13 bits per heavy atom. The van der Waals surface area contributed by atoms with Crippen LogP contribution in [0.15, 0.2) is 24.3 Å². The third kappa shape index (κ3) is 4.76. The summed E-state index contributed by atoms with van der Waals surface area (Å²) in [7, 11) is 2.82. The van der Waals surface area contributed by atoms with Gasteiger partial charge in [-0.25, -0.2) is 5.06 Å². The molecular weight excluding hydrogens is 194 g/mol. The van der Waals surface area contributed by atoms with Gasteiger partial charge >= 0.3 is 0 Å². The number of likely N-dealkylation sites (N-methyl/N-ethyl adjacent to an activating group) is 1. The van der Waals surface area contributed by atoms with Crippen LogP contribution >= 0.6 is 0 Å². The number of carbonyl (C=O) groups is 1. The standard InChI is InChI=1S/C11H19NO3/c1-5-6-7-8-9-11(2,14)10(13)12(3)15-4/h6-9,14H,5H2,1-4H3/b7-6+,9-8+/t11-/m1/s1. The molecule has 0 saturated heterocycles. The number of amides is 1. The zero-order valence-electron chi connectivity index (χ0n) is 9.73. The molecule has 0 aromatic carbocycles. The van der Waals surface area contributed by atoms with E-state index in [0.29, 0.717) is 0 Å². The number of allylic oxidation sites excluding steroid dienone is 3. The summed E-state index contributed by atoms with van der Waals surface area (Å²) in [6.45, 7) is 3.42. The van der Waals surface area contributed by atoms with Crippen molar-refractivity contribution in [1.29, 1.82) is 0 Å². The third-order valence-corrected chi connectivity index (χ3v) is 1.90. The molecular formula is C11H19NO3. The number of hydroxylamine groups is 2. The zero-order chi connectivity index (χ0) is 11.9. The molecule has 0 saturated carbocycles. The van der Waals surface area contributed by atoms with Crippen LogP contribution in [-0.4, -0.2) is 35.8 Å². The van der Waals surface area contributed by atoms with Gasteiger partial charge in [-0.05, 0) is 19.4 Å². The number of hydrogen-bond acceptors (Lipinski definition) is 3. The molecule has 0 fully saturated rings. The van der Waals surface area contributed by atoms with Gasteiger partial charge in [0.15, 0.2) is 5.60 Å². The Morgan fingerprint density at radius 1 is 1.53 bits per heavy atom. The first-order valence-electron chi connectivity index (χ1n) is 4.84. The van der Waals surface area contributed by atoms with Gasteiger partial charge in [-0.1, -0.05) is 25.2 Å². The van der Waals surface area contributed by atoms with Crippen molar-refractivity contribution in [2.24, 2.45) is 0 Å². The highest BCUT2D eigenvalue weighted by molar-refractivity contribution is 5.85. The largest absolute Gasteiger partial charge is 0.376 e. The first kappa shape index (κ1) is 13.9. The SMILES string of the molecule is CC/C=C/C=C/[C@@](C)(O)C(=O)N(C)OC. The maximum atomic E-state index is 11.5.